The van der Waals surface area contributed by atoms with Gasteiger partial charge in [-0.05, 0) is 127 Å². The molecule has 8 nitrogen and oxygen atoms in total. The van der Waals surface area contributed by atoms with E-state index in [9.17, 15) is 19.1 Å². The molecular weight excluding hydrogens is 702 g/mol. The second-order valence-electron chi connectivity index (χ2n) is 16.0. The average molecular weight is 744 g/mol. The first-order chi connectivity index (χ1) is 26.1. The Morgan fingerprint density at radius 3 is 2.59 bits per heavy atom. The predicted molar refractivity (Wildman–Crippen MR) is 204 cm³/mol. The predicted octanol–water partition coefficient (Wildman–Crippen LogP) is 8.88. The summed E-state index contributed by atoms with van der Waals surface area (Å²) in [5.74, 6) is -0.355. The molecule has 4 unspecified atom stereocenters. The Hall–Kier alpha value is -4.80. The molecule has 3 fully saturated rings. The minimum Gasteiger partial charge on any atom is -0.457 e. The van der Waals surface area contributed by atoms with Crippen molar-refractivity contribution < 1.29 is 28.2 Å². The normalized spacial score (nSPS) is 29.7. The number of carbonyl (C=O) groups excluding carboxylic acids is 2. The van der Waals surface area contributed by atoms with Crippen molar-refractivity contribution in [3.05, 3.63) is 131 Å². The zero-order chi connectivity index (χ0) is 37.2. The summed E-state index contributed by atoms with van der Waals surface area (Å²) in [5.41, 5.74) is 4.47. The van der Waals surface area contributed by atoms with E-state index in [1.165, 1.54) is 35.7 Å². The Bertz CT molecular complexity index is 2240. The van der Waals surface area contributed by atoms with Gasteiger partial charge in [0.15, 0.2) is 5.60 Å². The van der Waals surface area contributed by atoms with Crippen LogP contribution < -0.4 is 0 Å². The van der Waals surface area contributed by atoms with E-state index >= 15 is 0 Å². The van der Waals surface area contributed by atoms with E-state index < -0.39 is 23.1 Å². The average Bonchev–Trinajstić information content (AvgIpc) is 3.92. The zero-order valence-electron chi connectivity index (χ0n) is 30.3. The number of pyridine rings is 1. The number of furan rings is 1. The van der Waals surface area contributed by atoms with E-state index in [1.54, 1.807) is 30.5 Å². The van der Waals surface area contributed by atoms with E-state index in [0.717, 1.165) is 53.0 Å². The summed E-state index contributed by atoms with van der Waals surface area (Å²) in [4.78, 5) is 32.9. The van der Waals surface area contributed by atoms with E-state index in [2.05, 4.69) is 24.9 Å². The molecule has 7 atom stereocenters. The number of thioether (sulfide) groups is 1. The number of aliphatic hydroxyl groups excluding tert-OH is 1. The first-order valence-electron chi connectivity index (χ1n) is 18.8. The molecule has 3 saturated carbocycles. The van der Waals surface area contributed by atoms with Gasteiger partial charge in [0.1, 0.15) is 5.82 Å². The van der Waals surface area contributed by atoms with Gasteiger partial charge >= 0.3 is 5.97 Å². The van der Waals surface area contributed by atoms with Crippen molar-refractivity contribution >= 4 is 28.9 Å². The number of aromatic nitrogens is 3. The fourth-order valence-corrected chi connectivity index (χ4v) is 11.8. The first kappa shape index (κ1) is 34.9. The van der Waals surface area contributed by atoms with Crippen molar-refractivity contribution in [2.24, 2.45) is 28.6 Å². The third-order valence-electron chi connectivity index (χ3n) is 13.2. The molecule has 3 heterocycles. The molecule has 4 aliphatic carbocycles. The molecule has 0 bridgehead atoms. The molecule has 10 heteroatoms. The highest BCUT2D eigenvalue weighted by Gasteiger charge is 2.71. The number of allylic oxidation sites excluding steroid dienone is 1. The maximum atomic E-state index is 14.8. The van der Waals surface area contributed by atoms with Gasteiger partial charge in [-0.2, -0.15) is 5.10 Å². The van der Waals surface area contributed by atoms with Crippen LogP contribution in [0.4, 0.5) is 4.39 Å². The molecule has 0 amide bonds. The van der Waals surface area contributed by atoms with Crippen LogP contribution >= 0.6 is 11.8 Å². The Morgan fingerprint density at radius 2 is 1.85 bits per heavy atom. The van der Waals surface area contributed by atoms with Gasteiger partial charge in [0.25, 0.3) is 0 Å². The maximum Gasteiger partial charge on any atom is 0.375 e. The molecular formula is C44H42FN3O5S. The third kappa shape index (κ3) is 5.51. The standard InChI is InChI=1S/C44H42FN3O5S/c1-42-23-29-25-47-48(32-15-13-31(45)14-16-32)36(29)22-30(42)12-17-33-34-18-19-44(43(34,2)24-37(49)39(33)42,53-40(50)38-7-5-21-52-38)41(51)54-26-27-8-10-28(11-9-27)35-6-3-4-20-46-35/h3-11,13-16,20-22,25,33-34,37,39,49H,12,17-19,23-24,26H2,1-2H3/t33?,34?,37?,39?,42-,43-,44-/m0/s1. The fraction of sp³-hybridized carbons (Fsp3) is 0.364. The number of ether oxygens (including phenoxy) is 1. The Labute approximate surface area is 317 Å². The van der Waals surface area contributed by atoms with E-state index in [1.807, 2.05) is 53.3 Å². The molecule has 2 aromatic carbocycles. The summed E-state index contributed by atoms with van der Waals surface area (Å²) in [6.07, 6.45) is 10.5. The number of fused-ring (bicyclic) bond motifs is 6. The largest absolute Gasteiger partial charge is 0.457 e. The highest BCUT2D eigenvalue weighted by atomic mass is 32.2. The third-order valence-corrected chi connectivity index (χ3v) is 14.3. The van der Waals surface area contributed by atoms with Crippen molar-refractivity contribution in [2.45, 2.75) is 69.8 Å². The van der Waals surface area contributed by atoms with Crippen LogP contribution in [0.1, 0.15) is 73.3 Å². The van der Waals surface area contributed by atoms with E-state index in [-0.39, 0.29) is 39.9 Å². The highest BCUT2D eigenvalue weighted by Crippen LogP contribution is 2.69. The molecule has 0 radical (unpaired) electrons. The number of nitrogens with zero attached hydrogens (tertiary/aromatic N) is 3. The molecule has 276 valence electrons. The molecule has 0 spiro atoms. The van der Waals surface area contributed by atoms with Gasteiger partial charge in [-0.25, -0.2) is 13.9 Å². The summed E-state index contributed by atoms with van der Waals surface area (Å²) in [6.45, 7) is 4.35. The number of esters is 1. The molecule has 0 aliphatic heterocycles. The number of aliphatic hydroxyl groups is 1. The number of halogens is 1. The van der Waals surface area contributed by atoms with Gasteiger partial charge in [0.05, 0.1) is 35.6 Å². The fourth-order valence-electron chi connectivity index (χ4n) is 10.7. The number of benzene rings is 2. The molecule has 4 aliphatic rings. The summed E-state index contributed by atoms with van der Waals surface area (Å²) in [6, 6.07) is 23.4. The van der Waals surface area contributed by atoms with E-state index in [4.69, 9.17) is 14.3 Å². The quantitative estimate of drug-likeness (QED) is 0.165. The van der Waals surface area contributed by atoms with Gasteiger partial charge in [-0.15, -0.1) is 0 Å². The van der Waals surface area contributed by atoms with E-state index in [0.29, 0.717) is 25.0 Å². The van der Waals surface area contributed by atoms with Crippen molar-refractivity contribution in [1.82, 2.24) is 14.8 Å². The lowest BCUT2D eigenvalue weighted by Gasteiger charge is -2.60. The summed E-state index contributed by atoms with van der Waals surface area (Å²) >= 11 is 1.18. The lowest BCUT2D eigenvalue weighted by atomic mass is 9.45. The van der Waals surface area contributed by atoms with Gasteiger partial charge in [-0.1, -0.05) is 61.5 Å². The van der Waals surface area contributed by atoms with Gasteiger partial charge < -0.3 is 14.3 Å². The van der Waals surface area contributed by atoms with Crippen molar-refractivity contribution in [1.29, 1.82) is 0 Å². The van der Waals surface area contributed by atoms with Crippen LogP contribution in [0.3, 0.4) is 0 Å². The van der Waals surface area contributed by atoms with Crippen LogP contribution in [-0.2, 0) is 21.7 Å². The molecule has 1 N–H and O–H groups in total. The minimum atomic E-state index is -1.45. The number of hydrogen-bond donors (Lipinski definition) is 1. The number of hydrogen-bond acceptors (Lipinski definition) is 8. The maximum absolute atomic E-state index is 14.8. The van der Waals surface area contributed by atoms with Crippen molar-refractivity contribution in [2.75, 3.05) is 0 Å². The SMILES string of the molecule is C[C@]12Cc3cnn(-c4ccc(F)cc4)c3C=C1CCC1C2C(O)C[C@@]2(C)C1CC[C@]2(OC(=O)c1ccco1)C(=O)SCc1ccc(-c2ccccn2)cc1. The Balaban J connectivity index is 1.01. The van der Waals surface area contributed by atoms with Crippen LogP contribution in [-0.4, -0.2) is 42.7 Å². The molecule has 54 heavy (non-hydrogen) atoms. The number of carbonyl (C=O) groups is 2. The lowest BCUT2D eigenvalue weighted by Crippen LogP contribution is -2.62. The van der Waals surface area contributed by atoms with Crippen LogP contribution in [0.2, 0.25) is 0 Å². The first-order valence-corrected chi connectivity index (χ1v) is 19.7. The topological polar surface area (TPSA) is 107 Å². The molecule has 9 rings (SSSR count). The van der Waals surface area contributed by atoms with Gasteiger partial charge in [0.2, 0.25) is 10.9 Å². The van der Waals surface area contributed by atoms with Gasteiger partial charge in [-0.3, -0.25) is 9.78 Å². The second kappa shape index (κ2) is 13.2. The Kier molecular flexibility index (Phi) is 8.54. The summed E-state index contributed by atoms with van der Waals surface area (Å²) in [7, 11) is 0. The molecule has 0 saturated heterocycles. The second-order valence-corrected chi connectivity index (χ2v) is 16.9. The summed E-state index contributed by atoms with van der Waals surface area (Å²) < 4.78 is 27.5. The highest BCUT2D eigenvalue weighted by molar-refractivity contribution is 8.13. The van der Waals surface area contributed by atoms with Crippen LogP contribution in [0, 0.1) is 34.4 Å². The van der Waals surface area contributed by atoms with Crippen molar-refractivity contribution in [3.8, 4) is 16.9 Å². The molecule has 3 aromatic heterocycles. The summed E-state index contributed by atoms with van der Waals surface area (Å²) in [5, 5.41) is 16.9. The van der Waals surface area contributed by atoms with Crippen LogP contribution in [0.5, 0.6) is 0 Å². The molecule has 5 aromatic rings. The zero-order valence-corrected chi connectivity index (χ0v) is 31.1. The lowest BCUT2D eigenvalue weighted by molar-refractivity contribution is -0.175. The van der Waals surface area contributed by atoms with Gasteiger partial charge in [0, 0.05) is 22.9 Å². The smallest absolute Gasteiger partial charge is 0.375 e. The number of rotatable bonds is 7. The monoisotopic (exact) mass is 743 g/mol. The van der Waals surface area contributed by atoms with Crippen molar-refractivity contribution in [3.63, 3.8) is 0 Å². The Morgan fingerprint density at radius 1 is 1.04 bits per heavy atom. The minimum absolute atomic E-state index is 0.0464. The van der Waals surface area contributed by atoms with Crippen LogP contribution in [0.25, 0.3) is 23.0 Å². The van der Waals surface area contributed by atoms with Crippen LogP contribution in [0.15, 0.2) is 108 Å².